The highest BCUT2D eigenvalue weighted by Gasteiger charge is 2.22. The second-order valence-electron chi connectivity index (χ2n) is 5.05. The van der Waals surface area contributed by atoms with Crippen molar-refractivity contribution in [3.63, 3.8) is 0 Å². The molecule has 0 atom stereocenters. The van der Waals surface area contributed by atoms with E-state index in [4.69, 9.17) is 5.73 Å². The van der Waals surface area contributed by atoms with Crippen molar-refractivity contribution in [2.24, 2.45) is 12.8 Å². The zero-order valence-corrected chi connectivity index (χ0v) is 14.6. The summed E-state index contributed by atoms with van der Waals surface area (Å²) in [4.78, 5) is 15.4. The maximum absolute atomic E-state index is 11.9. The Morgan fingerprint density at radius 1 is 1.41 bits per heavy atom. The fourth-order valence-electron chi connectivity index (χ4n) is 1.60. The highest BCUT2D eigenvalue weighted by Crippen LogP contribution is 2.09. The van der Waals surface area contributed by atoms with Crippen LogP contribution in [0.3, 0.4) is 0 Å². The number of rotatable bonds is 8. The molecular formula is C12H24ClN5O3S. The van der Waals surface area contributed by atoms with Gasteiger partial charge < -0.3 is 15.6 Å². The van der Waals surface area contributed by atoms with Crippen LogP contribution in [0.4, 0.5) is 0 Å². The van der Waals surface area contributed by atoms with E-state index in [-0.39, 0.29) is 24.0 Å². The summed E-state index contributed by atoms with van der Waals surface area (Å²) in [7, 11) is -2.11. The quantitative estimate of drug-likeness (QED) is 0.595. The van der Waals surface area contributed by atoms with Gasteiger partial charge in [0, 0.05) is 25.3 Å². The molecule has 1 rings (SSSR count). The van der Waals surface area contributed by atoms with Gasteiger partial charge in [0.25, 0.3) is 10.0 Å². The number of carbonyl (C=O) groups excluding carboxylic acids is 1. The highest BCUT2D eigenvalue weighted by atomic mass is 35.5. The number of amides is 1. The third-order valence-electron chi connectivity index (χ3n) is 3.43. The minimum absolute atomic E-state index is 0. The number of nitrogens with one attached hydrogen (secondary N) is 2. The summed E-state index contributed by atoms with van der Waals surface area (Å²) in [6.45, 7) is 3.85. The molecule has 0 unspecified atom stereocenters. The molecule has 0 spiro atoms. The normalized spacial score (nSPS) is 11.8. The number of imidazole rings is 1. The highest BCUT2D eigenvalue weighted by molar-refractivity contribution is 7.89. The van der Waals surface area contributed by atoms with E-state index < -0.39 is 21.5 Å². The minimum Gasteiger partial charge on any atom is -0.353 e. The van der Waals surface area contributed by atoms with E-state index >= 15 is 0 Å². The summed E-state index contributed by atoms with van der Waals surface area (Å²) in [5, 5.41) is 2.52. The standard InChI is InChI=1S/C12H23N5O3S.ClH/c1-4-12(13,5-2)8-14-10(18)6-16-21(19,20)11-7-17(3)9-15-11;/h7,9,16H,4-6,8,13H2,1-3H3,(H,14,18);1H. The van der Waals surface area contributed by atoms with Crippen molar-refractivity contribution in [2.45, 2.75) is 37.3 Å². The molecule has 0 bridgehead atoms. The Labute approximate surface area is 137 Å². The first-order chi connectivity index (χ1) is 9.72. The fraction of sp³-hybridized carbons (Fsp3) is 0.667. The Bertz CT molecular complexity index is 583. The minimum atomic E-state index is -3.77. The Morgan fingerprint density at radius 2 is 2.00 bits per heavy atom. The van der Waals surface area contributed by atoms with Crippen LogP contribution in [0.25, 0.3) is 0 Å². The van der Waals surface area contributed by atoms with Crippen molar-refractivity contribution >= 4 is 28.3 Å². The van der Waals surface area contributed by atoms with Crippen molar-refractivity contribution in [3.8, 4) is 0 Å². The molecule has 0 aliphatic heterocycles. The van der Waals surface area contributed by atoms with Crippen LogP contribution in [-0.4, -0.2) is 42.5 Å². The summed E-state index contributed by atoms with van der Waals surface area (Å²) in [6, 6.07) is 0. The van der Waals surface area contributed by atoms with E-state index in [1.807, 2.05) is 13.8 Å². The van der Waals surface area contributed by atoms with Crippen molar-refractivity contribution in [2.75, 3.05) is 13.1 Å². The first kappa shape index (κ1) is 20.8. The zero-order valence-electron chi connectivity index (χ0n) is 13.0. The number of nitrogens with zero attached hydrogens (tertiary/aromatic N) is 2. The molecule has 1 aromatic rings. The summed E-state index contributed by atoms with van der Waals surface area (Å²) in [5.74, 6) is -0.425. The molecule has 0 fully saturated rings. The van der Waals surface area contributed by atoms with Crippen LogP contribution in [0.15, 0.2) is 17.6 Å². The molecule has 10 heteroatoms. The van der Waals surface area contributed by atoms with Crippen LogP contribution in [0.1, 0.15) is 26.7 Å². The van der Waals surface area contributed by atoms with Crippen molar-refractivity contribution in [1.29, 1.82) is 0 Å². The van der Waals surface area contributed by atoms with Crippen LogP contribution < -0.4 is 15.8 Å². The lowest BCUT2D eigenvalue weighted by Gasteiger charge is -2.26. The van der Waals surface area contributed by atoms with Gasteiger partial charge in [0.2, 0.25) is 5.91 Å². The monoisotopic (exact) mass is 353 g/mol. The molecule has 128 valence electrons. The molecule has 0 aliphatic carbocycles. The molecule has 0 aromatic carbocycles. The predicted octanol–water partition coefficient (Wildman–Crippen LogP) is -0.246. The van der Waals surface area contributed by atoms with E-state index in [0.717, 1.165) is 12.8 Å². The van der Waals surface area contributed by atoms with E-state index in [1.54, 1.807) is 7.05 Å². The summed E-state index contributed by atoms with van der Waals surface area (Å²) in [6.07, 6.45) is 4.19. The first-order valence-corrected chi connectivity index (χ1v) is 8.24. The summed E-state index contributed by atoms with van der Waals surface area (Å²) < 4.78 is 27.5. The first-order valence-electron chi connectivity index (χ1n) is 6.75. The van der Waals surface area contributed by atoms with Crippen molar-refractivity contribution in [1.82, 2.24) is 19.6 Å². The van der Waals surface area contributed by atoms with Crippen molar-refractivity contribution < 1.29 is 13.2 Å². The van der Waals surface area contributed by atoms with E-state index in [2.05, 4.69) is 15.0 Å². The maximum atomic E-state index is 11.9. The number of halogens is 1. The van der Waals surface area contributed by atoms with E-state index in [9.17, 15) is 13.2 Å². The SMILES string of the molecule is CCC(N)(CC)CNC(=O)CNS(=O)(=O)c1cn(C)cn1.Cl. The van der Waals surface area contributed by atoms with Gasteiger partial charge in [-0.1, -0.05) is 13.8 Å². The van der Waals surface area contributed by atoms with Gasteiger partial charge in [0.1, 0.15) is 0 Å². The van der Waals surface area contributed by atoms with Crippen LogP contribution in [0.2, 0.25) is 0 Å². The number of hydrogen-bond donors (Lipinski definition) is 3. The summed E-state index contributed by atoms with van der Waals surface area (Å²) >= 11 is 0. The van der Waals surface area contributed by atoms with Gasteiger partial charge in [-0.25, -0.2) is 18.1 Å². The number of carbonyl (C=O) groups is 1. The molecule has 1 aromatic heterocycles. The lowest BCUT2D eigenvalue weighted by molar-refractivity contribution is -0.120. The van der Waals surface area contributed by atoms with Crippen LogP contribution in [0, 0.1) is 0 Å². The molecule has 22 heavy (non-hydrogen) atoms. The molecule has 1 heterocycles. The van der Waals surface area contributed by atoms with Crippen LogP contribution in [0.5, 0.6) is 0 Å². The summed E-state index contributed by atoms with van der Waals surface area (Å²) in [5.41, 5.74) is 5.59. The second kappa shape index (κ2) is 8.47. The van der Waals surface area contributed by atoms with Gasteiger partial charge >= 0.3 is 0 Å². The predicted molar refractivity (Wildman–Crippen MR) is 86.2 cm³/mol. The molecule has 4 N–H and O–H groups in total. The Morgan fingerprint density at radius 3 is 2.45 bits per heavy atom. The Hall–Kier alpha value is -1.16. The van der Waals surface area contributed by atoms with Gasteiger partial charge in [0.05, 0.1) is 12.9 Å². The van der Waals surface area contributed by atoms with Gasteiger partial charge in [-0.2, -0.15) is 0 Å². The molecule has 0 saturated carbocycles. The molecule has 8 nitrogen and oxygen atoms in total. The number of aryl methyl sites for hydroxylation is 1. The van der Waals surface area contributed by atoms with Gasteiger partial charge in [-0.3, -0.25) is 4.79 Å². The van der Waals surface area contributed by atoms with Gasteiger partial charge in [0.15, 0.2) is 5.03 Å². The number of hydrogen-bond acceptors (Lipinski definition) is 5. The largest absolute Gasteiger partial charge is 0.353 e. The van der Waals surface area contributed by atoms with Crippen LogP contribution in [-0.2, 0) is 21.9 Å². The molecule has 1 amide bonds. The molecule has 0 saturated heterocycles. The second-order valence-corrected chi connectivity index (χ2v) is 6.76. The third-order valence-corrected chi connectivity index (χ3v) is 4.71. The number of nitrogens with two attached hydrogens (primary N) is 1. The average Bonchev–Trinajstić information content (AvgIpc) is 2.90. The average molecular weight is 354 g/mol. The smallest absolute Gasteiger partial charge is 0.260 e. The Kier molecular flexibility index (Phi) is 8.02. The third kappa shape index (κ3) is 5.91. The van der Waals surface area contributed by atoms with Crippen molar-refractivity contribution in [3.05, 3.63) is 12.5 Å². The zero-order chi connectivity index (χ0) is 16.1. The number of sulfonamides is 1. The van der Waals surface area contributed by atoms with E-state index in [0.29, 0.717) is 6.54 Å². The lowest BCUT2D eigenvalue weighted by atomic mass is 9.94. The molecule has 0 aliphatic rings. The Balaban J connectivity index is 0.00000441. The van der Waals surface area contributed by atoms with Gasteiger partial charge in [-0.05, 0) is 12.8 Å². The lowest BCUT2D eigenvalue weighted by Crippen LogP contribution is -2.50. The van der Waals surface area contributed by atoms with Gasteiger partial charge in [-0.15, -0.1) is 12.4 Å². The molecular weight excluding hydrogens is 330 g/mol. The topological polar surface area (TPSA) is 119 Å². The maximum Gasteiger partial charge on any atom is 0.260 e. The van der Waals surface area contributed by atoms with Crippen LogP contribution >= 0.6 is 12.4 Å². The molecule has 0 radical (unpaired) electrons. The van der Waals surface area contributed by atoms with E-state index in [1.165, 1.54) is 17.1 Å². The number of aromatic nitrogens is 2. The fourth-order valence-corrected chi connectivity index (χ4v) is 2.56.